The first-order chi connectivity index (χ1) is 29.0. The van der Waals surface area contributed by atoms with Crippen molar-refractivity contribution in [2.75, 3.05) is 19.5 Å². The van der Waals surface area contributed by atoms with Crippen LogP contribution in [0.4, 0.5) is 11.5 Å². The Morgan fingerprint density at radius 2 is 1.73 bits per heavy atom. The Balaban J connectivity index is 1.32. The number of ether oxygens (including phenoxy) is 2. The highest BCUT2D eigenvalue weighted by atomic mass is 16.5. The van der Waals surface area contributed by atoms with Gasteiger partial charge in [0, 0.05) is 41.5 Å². The van der Waals surface area contributed by atoms with Gasteiger partial charge in [-0.2, -0.15) is 0 Å². The molecule has 0 radical (unpaired) electrons. The zero-order chi connectivity index (χ0) is 42.1. The maximum Gasteiger partial charge on any atom is 0.200 e. The number of hydrogen-bond donors (Lipinski definition) is 8. The molecule has 1 saturated carbocycles. The molecule has 1 fully saturated rings. The van der Waals surface area contributed by atoms with Crippen LogP contribution in [0.5, 0.6) is 34.5 Å². The number of carbonyl (C=O) groups is 1. The third kappa shape index (κ3) is 7.68. The summed E-state index contributed by atoms with van der Waals surface area (Å²) in [7, 11) is 2.87. The predicted octanol–water partition coefficient (Wildman–Crippen LogP) is 7.70. The van der Waals surface area contributed by atoms with Crippen LogP contribution in [-0.4, -0.2) is 72.8 Å². The van der Waals surface area contributed by atoms with E-state index in [1.807, 2.05) is 48.7 Å². The molecule has 12 heteroatoms. The number of Topliss-reactive ketones (excluding diaryl/α,β-unsaturated/α-hetero) is 1. The first kappa shape index (κ1) is 40.5. The number of aromatic hydroxyl groups is 4. The molecule has 312 valence electrons. The van der Waals surface area contributed by atoms with Gasteiger partial charge in [0.1, 0.15) is 17.4 Å². The number of rotatable bonds is 9. The maximum atomic E-state index is 15.7. The van der Waals surface area contributed by atoms with E-state index >= 15 is 4.79 Å². The lowest BCUT2D eigenvalue weighted by atomic mass is 9.58. The molecule has 12 nitrogen and oxygen atoms in total. The van der Waals surface area contributed by atoms with Crippen molar-refractivity contribution < 1.29 is 44.9 Å². The van der Waals surface area contributed by atoms with Gasteiger partial charge in [-0.3, -0.25) is 4.79 Å². The number of H-pyrrole nitrogens is 1. The van der Waals surface area contributed by atoms with Crippen LogP contribution in [0, 0.1) is 11.8 Å². The van der Waals surface area contributed by atoms with Crippen LogP contribution in [0.3, 0.4) is 0 Å². The number of aliphatic hydroxyl groups is 2. The molecular formula is C48H51N3O9. The molecule has 2 aromatic heterocycles. The third-order valence-electron chi connectivity index (χ3n) is 13.0. The molecule has 0 amide bonds. The van der Waals surface area contributed by atoms with Crippen molar-refractivity contribution in [3.05, 3.63) is 125 Å². The molecular weight excluding hydrogens is 763 g/mol. The van der Waals surface area contributed by atoms with Crippen LogP contribution in [0.25, 0.3) is 10.8 Å². The summed E-state index contributed by atoms with van der Waals surface area (Å²) < 4.78 is 10.8. The summed E-state index contributed by atoms with van der Waals surface area (Å²) in [6.07, 6.45) is 4.18. The van der Waals surface area contributed by atoms with Crippen molar-refractivity contribution in [3.63, 3.8) is 0 Å². The van der Waals surface area contributed by atoms with Gasteiger partial charge in [0.2, 0.25) is 5.75 Å². The third-order valence-corrected chi connectivity index (χ3v) is 13.0. The van der Waals surface area contributed by atoms with Gasteiger partial charge in [0.25, 0.3) is 0 Å². The van der Waals surface area contributed by atoms with Gasteiger partial charge < -0.3 is 50.4 Å². The number of aromatic nitrogens is 2. The van der Waals surface area contributed by atoms with Crippen molar-refractivity contribution in [1.82, 2.24) is 9.97 Å². The minimum absolute atomic E-state index is 0.00315. The summed E-state index contributed by atoms with van der Waals surface area (Å²) >= 11 is 0. The molecule has 2 aliphatic rings. The lowest BCUT2D eigenvalue weighted by molar-refractivity contribution is -0.132. The molecule has 8 rings (SSSR count). The standard InChI is InChI=1S/C48H51N3O9/c1-59-43-20-27(5-13-39(43)54)6-14-40(55)46-41(56)22-28(30-23-42(57)47(58)44(24-30)60-2)7-10-35-34-11-9-33(52)21-29(34)8-12-37(35)51-45-25-31(16-19-50-45)48(46)17-15-38(53)36(48)26-32-4-3-18-49-32/h3-5,8-9,11-13,16,18-21,23-25,28,36,38,40,46,49,52-55,57-58H,6-7,10,14-15,17,22,26H2,1-2H3,(H,50,51)/t28-,36-,38+,40-,46+,48-/m1/s1. The summed E-state index contributed by atoms with van der Waals surface area (Å²) in [5.74, 6) is -1.99. The SMILES string of the molecule is COc1cc(CC[C@@H](O)[C@H]2C(=O)C[C@H](c3cc(O)c(O)c(OC)c3)CCc3c(ccc4cc(O)ccc34)Nc3cc(ccn3)[C@@]23CC[C@H](O)[C@H]3Cc2ccc[nH]2)ccc1O. The number of nitrogens with zero attached hydrogens (tertiary/aromatic N) is 1. The van der Waals surface area contributed by atoms with E-state index in [2.05, 4.69) is 10.3 Å². The zero-order valence-electron chi connectivity index (χ0n) is 33.6. The minimum atomic E-state index is -1.18. The monoisotopic (exact) mass is 813 g/mol. The fourth-order valence-corrected chi connectivity index (χ4v) is 10.1. The number of pyridine rings is 1. The average Bonchev–Trinajstić information content (AvgIpc) is 3.88. The lowest BCUT2D eigenvalue weighted by Gasteiger charge is -2.45. The van der Waals surface area contributed by atoms with Gasteiger partial charge >= 0.3 is 0 Å². The Morgan fingerprint density at radius 1 is 0.900 bits per heavy atom. The highest BCUT2D eigenvalue weighted by molar-refractivity contribution is 5.92. The Morgan fingerprint density at radius 3 is 2.52 bits per heavy atom. The van der Waals surface area contributed by atoms with Crippen molar-refractivity contribution in [3.8, 4) is 34.5 Å². The molecule has 0 saturated heterocycles. The number of nitrogens with one attached hydrogen (secondary N) is 2. The molecule has 1 aliphatic carbocycles. The predicted molar refractivity (Wildman–Crippen MR) is 228 cm³/mol. The number of phenolic OH excluding ortho intramolecular Hbond substituents is 4. The van der Waals surface area contributed by atoms with Crippen LogP contribution >= 0.6 is 0 Å². The second-order valence-corrected chi connectivity index (χ2v) is 16.3. The van der Waals surface area contributed by atoms with Gasteiger partial charge in [0.05, 0.1) is 32.3 Å². The number of aromatic amines is 1. The fraction of sp³-hybridized carbons (Fsp3) is 0.333. The van der Waals surface area contributed by atoms with Crippen LogP contribution < -0.4 is 14.8 Å². The van der Waals surface area contributed by atoms with Gasteiger partial charge in [-0.05, 0) is 151 Å². The lowest BCUT2D eigenvalue weighted by Crippen LogP contribution is -2.51. The van der Waals surface area contributed by atoms with E-state index in [1.165, 1.54) is 20.3 Å². The molecule has 1 aliphatic heterocycles. The maximum absolute atomic E-state index is 15.7. The molecule has 2 bridgehead atoms. The molecule has 6 aromatic rings. The molecule has 60 heavy (non-hydrogen) atoms. The highest BCUT2D eigenvalue weighted by Crippen LogP contribution is 2.55. The van der Waals surface area contributed by atoms with E-state index in [-0.39, 0.29) is 41.6 Å². The minimum Gasteiger partial charge on any atom is -0.508 e. The Hall–Kier alpha value is -6.24. The van der Waals surface area contributed by atoms with Gasteiger partial charge in [-0.25, -0.2) is 4.98 Å². The van der Waals surface area contributed by atoms with Crippen LogP contribution in [0.2, 0.25) is 0 Å². The van der Waals surface area contributed by atoms with E-state index < -0.39 is 41.1 Å². The Kier molecular flexibility index (Phi) is 11.3. The first-order valence-corrected chi connectivity index (χ1v) is 20.4. The zero-order valence-corrected chi connectivity index (χ0v) is 33.6. The topological polar surface area (TPSA) is 198 Å². The number of fused-ring (bicyclic) bond motifs is 6. The molecule has 8 N–H and O–H groups in total. The first-order valence-electron chi connectivity index (χ1n) is 20.4. The van der Waals surface area contributed by atoms with Crippen molar-refractivity contribution >= 4 is 28.1 Å². The number of aryl methyl sites for hydroxylation is 2. The molecule has 4 aromatic carbocycles. The van der Waals surface area contributed by atoms with Crippen molar-refractivity contribution in [2.24, 2.45) is 11.8 Å². The van der Waals surface area contributed by atoms with Crippen LogP contribution in [0.1, 0.15) is 66.0 Å². The quantitative estimate of drug-likeness (QED) is 0.0666. The van der Waals surface area contributed by atoms with E-state index in [4.69, 9.17) is 14.5 Å². The number of phenols is 4. The second kappa shape index (κ2) is 16.8. The molecule has 1 spiro atoms. The number of aliphatic hydroxyl groups excluding tert-OH is 2. The smallest absolute Gasteiger partial charge is 0.200 e. The van der Waals surface area contributed by atoms with E-state index in [1.54, 1.807) is 42.6 Å². The summed E-state index contributed by atoms with van der Waals surface area (Å²) in [6.45, 7) is 0. The van der Waals surface area contributed by atoms with Gasteiger partial charge in [0.15, 0.2) is 23.0 Å². The number of methoxy groups -OCH3 is 2. The Labute approximate surface area is 348 Å². The second-order valence-electron chi connectivity index (χ2n) is 16.3. The van der Waals surface area contributed by atoms with Crippen molar-refractivity contribution in [1.29, 1.82) is 0 Å². The number of benzene rings is 4. The average molecular weight is 814 g/mol. The molecule has 6 atom stereocenters. The summed E-state index contributed by atoms with van der Waals surface area (Å²) in [5, 5.41) is 72.3. The summed E-state index contributed by atoms with van der Waals surface area (Å²) in [5.41, 5.74) is 3.70. The van der Waals surface area contributed by atoms with E-state index in [0.29, 0.717) is 55.7 Å². The van der Waals surface area contributed by atoms with Crippen LogP contribution in [-0.2, 0) is 29.5 Å². The fourth-order valence-electron chi connectivity index (χ4n) is 10.1. The summed E-state index contributed by atoms with van der Waals surface area (Å²) in [6, 6.07) is 25.0. The normalized spacial score (nSPS) is 22.3. The van der Waals surface area contributed by atoms with E-state index in [0.717, 1.165) is 38.8 Å². The van der Waals surface area contributed by atoms with Crippen molar-refractivity contribution in [2.45, 2.75) is 74.9 Å². The summed E-state index contributed by atoms with van der Waals surface area (Å²) in [4.78, 5) is 23.8. The van der Waals surface area contributed by atoms with Crippen LogP contribution in [0.15, 0.2) is 97.3 Å². The van der Waals surface area contributed by atoms with Gasteiger partial charge in [-0.1, -0.05) is 18.2 Å². The number of carbonyl (C=O) groups excluding carboxylic acids is 1. The van der Waals surface area contributed by atoms with Gasteiger partial charge in [-0.15, -0.1) is 0 Å². The molecule has 0 unspecified atom stereocenters. The van der Waals surface area contributed by atoms with E-state index in [9.17, 15) is 30.6 Å². The number of anilines is 2. The Bertz CT molecular complexity index is 2510. The molecule has 3 heterocycles. The highest BCUT2D eigenvalue weighted by Gasteiger charge is 2.57. The largest absolute Gasteiger partial charge is 0.508 e. The number of hydrogen-bond acceptors (Lipinski definition) is 11. The number of ketones is 1.